The van der Waals surface area contributed by atoms with Crippen LogP contribution in [0.25, 0.3) is 5.69 Å². The fourth-order valence-corrected chi connectivity index (χ4v) is 3.50. The van der Waals surface area contributed by atoms with Gasteiger partial charge in [-0.1, -0.05) is 42.1 Å². The van der Waals surface area contributed by atoms with Gasteiger partial charge in [0.2, 0.25) is 0 Å². The topological polar surface area (TPSA) is 57.0 Å². The number of ketones is 1. The third kappa shape index (κ3) is 3.96. The molecule has 1 aromatic heterocycles. The fraction of sp³-hybridized carbons (Fsp3) is 0.250. The molecule has 0 aliphatic heterocycles. The SMILES string of the molecule is CC(=O)c1ccccc1OCCSc1nnc(C)n1-c1ccccc1C. The number of para-hydroxylation sites is 2. The maximum Gasteiger partial charge on any atom is 0.195 e. The predicted molar refractivity (Wildman–Crippen MR) is 103 cm³/mol. The summed E-state index contributed by atoms with van der Waals surface area (Å²) in [4.78, 5) is 11.6. The van der Waals surface area contributed by atoms with E-state index in [1.54, 1.807) is 24.8 Å². The van der Waals surface area contributed by atoms with E-state index in [1.807, 2.05) is 37.3 Å². The van der Waals surface area contributed by atoms with Crippen LogP contribution in [0.2, 0.25) is 0 Å². The smallest absolute Gasteiger partial charge is 0.195 e. The van der Waals surface area contributed by atoms with Crippen LogP contribution in [0.1, 0.15) is 28.7 Å². The zero-order valence-corrected chi connectivity index (χ0v) is 15.9. The number of thioether (sulfide) groups is 1. The van der Waals surface area contributed by atoms with Crippen LogP contribution in [0.15, 0.2) is 53.7 Å². The lowest BCUT2D eigenvalue weighted by atomic mass is 10.1. The monoisotopic (exact) mass is 367 g/mol. The molecule has 3 aromatic rings. The lowest BCUT2D eigenvalue weighted by molar-refractivity contribution is 0.101. The van der Waals surface area contributed by atoms with Crippen molar-refractivity contribution in [2.75, 3.05) is 12.4 Å². The van der Waals surface area contributed by atoms with Crippen LogP contribution >= 0.6 is 11.8 Å². The van der Waals surface area contributed by atoms with Gasteiger partial charge in [0.25, 0.3) is 0 Å². The van der Waals surface area contributed by atoms with Gasteiger partial charge in [0.15, 0.2) is 10.9 Å². The summed E-state index contributed by atoms with van der Waals surface area (Å²) in [6, 6.07) is 15.5. The quantitative estimate of drug-likeness (QED) is 0.355. The molecular formula is C20H21N3O2S. The molecule has 0 saturated heterocycles. The van der Waals surface area contributed by atoms with Gasteiger partial charge in [0.1, 0.15) is 11.6 Å². The Kier molecular flexibility index (Phi) is 5.73. The third-order valence-corrected chi connectivity index (χ3v) is 4.88. The Morgan fingerprint density at radius 3 is 2.58 bits per heavy atom. The van der Waals surface area contributed by atoms with Crippen LogP contribution in [0.5, 0.6) is 5.75 Å². The number of carbonyl (C=O) groups excluding carboxylic acids is 1. The van der Waals surface area contributed by atoms with E-state index in [0.29, 0.717) is 23.7 Å². The predicted octanol–water partition coefficient (Wildman–Crippen LogP) is 4.26. The zero-order valence-electron chi connectivity index (χ0n) is 15.1. The molecule has 2 aromatic carbocycles. The van der Waals surface area contributed by atoms with Crippen LogP contribution in [-0.4, -0.2) is 32.9 Å². The van der Waals surface area contributed by atoms with Gasteiger partial charge in [0.05, 0.1) is 17.9 Å². The number of Topliss-reactive ketones (excluding diaryl/α,β-unsaturated/α-hetero) is 1. The molecule has 134 valence electrons. The Morgan fingerprint density at radius 2 is 1.81 bits per heavy atom. The second-order valence-electron chi connectivity index (χ2n) is 5.90. The van der Waals surface area contributed by atoms with Crippen LogP contribution in [0, 0.1) is 13.8 Å². The van der Waals surface area contributed by atoms with Crippen molar-refractivity contribution in [1.82, 2.24) is 14.8 Å². The highest BCUT2D eigenvalue weighted by Gasteiger charge is 2.13. The van der Waals surface area contributed by atoms with Gasteiger partial charge >= 0.3 is 0 Å². The Balaban J connectivity index is 1.67. The lowest BCUT2D eigenvalue weighted by Gasteiger charge is -2.12. The van der Waals surface area contributed by atoms with E-state index in [4.69, 9.17) is 4.74 Å². The lowest BCUT2D eigenvalue weighted by Crippen LogP contribution is -2.06. The van der Waals surface area contributed by atoms with E-state index < -0.39 is 0 Å². The van der Waals surface area contributed by atoms with Crippen molar-refractivity contribution in [2.45, 2.75) is 25.9 Å². The molecule has 0 N–H and O–H groups in total. The van der Waals surface area contributed by atoms with Crippen molar-refractivity contribution >= 4 is 17.5 Å². The van der Waals surface area contributed by atoms with E-state index in [2.05, 4.69) is 33.8 Å². The number of nitrogens with zero attached hydrogens (tertiary/aromatic N) is 3. The number of hydrogen-bond donors (Lipinski definition) is 0. The normalized spacial score (nSPS) is 10.7. The van der Waals surface area contributed by atoms with Gasteiger partial charge in [-0.2, -0.15) is 0 Å². The molecule has 0 bridgehead atoms. The molecule has 0 aliphatic carbocycles. The molecule has 26 heavy (non-hydrogen) atoms. The molecular weight excluding hydrogens is 346 g/mol. The molecule has 0 unspecified atom stereocenters. The summed E-state index contributed by atoms with van der Waals surface area (Å²) in [5.41, 5.74) is 2.86. The second-order valence-corrected chi connectivity index (χ2v) is 6.96. The first-order valence-electron chi connectivity index (χ1n) is 8.41. The molecule has 5 nitrogen and oxygen atoms in total. The van der Waals surface area contributed by atoms with Crippen molar-refractivity contribution in [3.05, 3.63) is 65.5 Å². The Hall–Kier alpha value is -2.60. The average Bonchev–Trinajstić information content (AvgIpc) is 3.00. The van der Waals surface area contributed by atoms with E-state index >= 15 is 0 Å². The van der Waals surface area contributed by atoms with Crippen molar-refractivity contribution in [1.29, 1.82) is 0 Å². The van der Waals surface area contributed by atoms with Crippen molar-refractivity contribution in [3.8, 4) is 11.4 Å². The van der Waals surface area contributed by atoms with Crippen molar-refractivity contribution in [3.63, 3.8) is 0 Å². The number of aromatic nitrogens is 3. The highest BCUT2D eigenvalue weighted by Crippen LogP contribution is 2.24. The molecule has 0 fully saturated rings. The summed E-state index contributed by atoms with van der Waals surface area (Å²) in [5, 5.41) is 9.34. The molecule has 0 radical (unpaired) electrons. The summed E-state index contributed by atoms with van der Waals surface area (Å²) in [6.45, 7) is 6.05. The summed E-state index contributed by atoms with van der Waals surface area (Å²) in [5.74, 6) is 2.18. The van der Waals surface area contributed by atoms with Crippen LogP contribution < -0.4 is 4.74 Å². The van der Waals surface area contributed by atoms with Crippen LogP contribution in [0.3, 0.4) is 0 Å². The molecule has 0 saturated carbocycles. The highest BCUT2D eigenvalue weighted by molar-refractivity contribution is 7.99. The highest BCUT2D eigenvalue weighted by atomic mass is 32.2. The van der Waals surface area contributed by atoms with Gasteiger partial charge in [-0.3, -0.25) is 9.36 Å². The molecule has 3 rings (SSSR count). The van der Waals surface area contributed by atoms with Crippen molar-refractivity contribution < 1.29 is 9.53 Å². The fourth-order valence-electron chi connectivity index (χ4n) is 2.70. The van der Waals surface area contributed by atoms with Gasteiger partial charge in [-0.25, -0.2) is 0 Å². The Labute approximate surface area is 157 Å². The van der Waals surface area contributed by atoms with Gasteiger partial charge in [-0.15, -0.1) is 10.2 Å². The standard InChI is InChI=1S/C20H21N3O2S/c1-14-8-4-6-10-18(14)23-16(3)21-22-20(23)26-13-12-25-19-11-7-5-9-17(19)15(2)24/h4-11H,12-13H2,1-3H3. The molecule has 0 amide bonds. The summed E-state index contributed by atoms with van der Waals surface area (Å²) >= 11 is 1.58. The number of ether oxygens (including phenoxy) is 1. The average molecular weight is 367 g/mol. The largest absolute Gasteiger partial charge is 0.492 e. The van der Waals surface area contributed by atoms with Crippen molar-refractivity contribution in [2.24, 2.45) is 0 Å². The number of aryl methyl sites for hydroxylation is 2. The molecule has 0 spiro atoms. The first-order chi connectivity index (χ1) is 12.6. The maximum atomic E-state index is 11.6. The second kappa shape index (κ2) is 8.19. The van der Waals surface area contributed by atoms with E-state index in [0.717, 1.165) is 16.7 Å². The first-order valence-corrected chi connectivity index (χ1v) is 9.40. The summed E-state index contributed by atoms with van der Waals surface area (Å²) < 4.78 is 7.86. The Bertz CT molecular complexity index is 921. The molecule has 0 atom stereocenters. The zero-order chi connectivity index (χ0) is 18.5. The third-order valence-electron chi connectivity index (χ3n) is 3.99. The molecule has 6 heteroatoms. The number of benzene rings is 2. The minimum atomic E-state index is 0.00294. The van der Waals surface area contributed by atoms with Gasteiger partial charge in [0, 0.05) is 5.75 Å². The van der Waals surface area contributed by atoms with Gasteiger partial charge < -0.3 is 4.74 Å². The number of rotatable bonds is 7. The molecule has 1 heterocycles. The first kappa shape index (κ1) is 18.2. The van der Waals surface area contributed by atoms with Crippen LogP contribution in [0.4, 0.5) is 0 Å². The van der Waals surface area contributed by atoms with Crippen LogP contribution in [-0.2, 0) is 0 Å². The summed E-state index contributed by atoms with van der Waals surface area (Å²) in [7, 11) is 0. The molecule has 0 aliphatic rings. The minimum absolute atomic E-state index is 0.00294. The van der Waals surface area contributed by atoms with Gasteiger partial charge in [-0.05, 0) is 44.5 Å². The number of carbonyl (C=O) groups is 1. The van der Waals surface area contributed by atoms with E-state index in [9.17, 15) is 4.79 Å². The number of hydrogen-bond acceptors (Lipinski definition) is 5. The van der Waals surface area contributed by atoms with E-state index in [-0.39, 0.29) is 5.78 Å². The Morgan fingerprint density at radius 1 is 1.08 bits per heavy atom. The minimum Gasteiger partial charge on any atom is -0.492 e. The summed E-state index contributed by atoms with van der Waals surface area (Å²) in [6.07, 6.45) is 0. The van der Waals surface area contributed by atoms with E-state index in [1.165, 1.54) is 5.56 Å². The maximum absolute atomic E-state index is 11.6.